The molecule has 0 aliphatic carbocycles. The van der Waals surface area contributed by atoms with E-state index < -0.39 is 11.9 Å². The second kappa shape index (κ2) is 7.06. The van der Waals surface area contributed by atoms with Gasteiger partial charge in [0.2, 0.25) is 0 Å². The lowest BCUT2D eigenvalue weighted by Crippen LogP contribution is -2.22. The summed E-state index contributed by atoms with van der Waals surface area (Å²) in [5.74, 6) is -2.47. The van der Waals surface area contributed by atoms with Gasteiger partial charge in [-0.2, -0.15) is 0 Å². The zero-order chi connectivity index (χ0) is 11.0. The number of Topliss-reactive ketones (excluding diaryl/α,β-unsaturated/α-hetero) is 1. The first-order valence-corrected chi connectivity index (χ1v) is 4.43. The summed E-state index contributed by atoms with van der Waals surface area (Å²) in [6, 6.07) is 0. The van der Waals surface area contributed by atoms with E-state index in [1.165, 1.54) is 0 Å². The SMILES string of the molecule is O=C([O-])CCCC(=O)CCCC(=O)[O-]. The van der Waals surface area contributed by atoms with Crippen molar-refractivity contribution in [2.24, 2.45) is 0 Å². The molecule has 0 aliphatic heterocycles. The summed E-state index contributed by atoms with van der Waals surface area (Å²) in [7, 11) is 0. The molecular formula is C9H12O5-2. The fourth-order valence-corrected chi connectivity index (χ4v) is 0.985. The van der Waals surface area contributed by atoms with E-state index in [0.29, 0.717) is 0 Å². The van der Waals surface area contributed by atoms with Crippen LogP contribution in [-0.2, 0) is 14.4 Å². The number of ketones is 1. The van der Waals surface area contributed by atoms with Gasteiger partial charge in [-0.1, -0.05) is 0 Å². The maximum Gasteiger partial charge on any atom is 0.132 e. The van der Waals surface area contributed by atoms with Crippen LogP contribution in [0.2, 0.25) is 0 Å². The molecule has 14 heavy (non-hydrogen) atoms. The predicted octanol–water partition coefficient (Wildman–Crippen LogP) is -1.60. The van der Waals surface area contributed by atoms with Crippen LogP contribution in [0, 0.1) is 0 Å². The molecule has 0 spiro atoms. The van der Waals surface area contributed by atoms with E-state index in [4.69, 9.17) is 0 Å². The van der Waals surface area contributed by atoms with Gasteiger partial charge in [0.15, 0.2) is 0 Å². The van der Waals surface area contributed by atoms with Crippen LogP contribution < -0.4 is 10.2 Å². The Kier molecular flexibility index (Phi) is 6.36. The Hall–Kier alpha value is -1.39. The van der Waals surface area contributed by atoms with Gasteiger partial charge in [-0.25, -0.2) is 0 Å². The van der Waals surface area contributed by atoms with Crippen molar-refractivity contribution in [1.82, 2.24) is 0 Å². The molecule has 0 amide bonds. The smallest absolute Gasteiger partial charge is 0.132 e. The summed E-state index contributed by atoms with van der Waals surface area (Å²) in [6.45, 7) is 0. The number of carboxylic acids is 2. The normalized spacial score (nSPS) is 9.71. The van der Waals surface area contributed by atoms with Crippen molar-refractivity contribution in [3.63, 3.8) is 0 Å². The molecular weight excluding hydrogens is 188 g/mol. The topological polar surface area (TPSA) is 97.3 Å². The van der Waals surface area contributed by atoms with Gasteiger partial charge in [0.25, 0.3) is 0 Å². The quantitative estimate of drug-likeness (QED) is 0.469. The molecule has 0 atom stereocenters. The van der Waals surface area contributed by atoms with Gasteiger partial charge in [0.05, 0.1) is 0 Å². The summed E-state index contributed by atoms with van der Waals surface area (Å²) < 4.78 is 0. The second-order valence-electron chi connectivity index (χ2n) is 2.99. The largest absolute Gasteiger partial charge is 0.550 e. The summed E-state index contributed by atoms with van der Waals surface area (Å²) >= 11 is 0. The standard InChI is InChI=1S/C9H14O5/c10-7(3-1-5-8(11)12)4-2-6-9(13)14/h1-6H2,(H,11,12)(H,13,14)/p-2. The Morgan fingerprint density at radius 2 is 1.07 bits per heavy atom. The fourth-order valence-electron chi connectivity index (χ4n) is 0.985. The van der Waals surface area contributed by atoms with Crippen LogP contribution in [0.15, 0.2) is 0 Å². The summed E-state index contributed by atoms with van der Waals surface area (Å²) in [5, 5.41) is 20.0. The molecule has 0 fully saturated rings. The Morgan fingerprint density at radius 3 is 1.36 bits per heavy atom. The van der Waals surface area contributed by atoms with Crippen molar-refractivity contribution in [3.8, 4) is 0 Å². The number of carbonyl (C=O) groups excluding carboxylic acids is 3. The maximum atomic E-state index is 11.0. The number of hydrogen-bond acceptors (Lipinski definition) is 5. The minimum Gasteiger partial charge on any atom is -0.550 e. The van der Waals surface area contributed by atoms with Crippen molar-refractivity contribution in [1.29, 1.82) is 0 Å². The van der Waals surface area contributed by atoms with E-state index >= 15 is 0 Å². The number of aliphatic carboxylic acids is 2. The average molecular weight is 200 g/mol. The first-order valence-electron chi connectivity index (χ1n) is 4.43. The van der Waals surface area contributed by atoms with Gasteiger partial charge in [0, 0.05) is 24.8 Å². The van der Waals surface area contributed by atoms with E-state index in [-0.39, 0.29) is 44.3 Å². The van der Waals surface area contributed by atoms with Crippen molar-refractivity contribution in [3.05, 3.63) is 0 Å². The fraction of sp³-hybridized carbons (Fsp3) is 0.667. The van der Waals surface area contributed by atoms with Gasteiger partial charge < -0.3 is 19.8 Å². The lowest BCUT2D eigenvalue weighted by molar-refractivity contribution is -0.307. The molecule has 0 aliphatic rings. The Bertz CT molecular complexity index is 199. The molecule has 0 saturated carbocycles. The van der Waals surface area contributed by atoms with E-state index in [0.717, 1.165) is 0 Å². The first kappa shape index (κ1) is 12.6. The van der Waals surface area contributed by atoms with Gasteiger partial charge in [-0.15, -0.1) is 0 Å². The van der Waals surface area contributed by atoms with Crippen LogP contribution in [0.25, 0.3) is 0 Å². The van der Waals surface area contributed by atoms with Gasteiger partial charge in [0.1, 0.15) is 5.78 Å². The van der Waals surface area contributed by atoms with Gasteiger partial charge in [-0.05, 0) is 25.7 Å². The summed E-state index contributed by atoms with van der Waals surface area (Å²) in [4.78, 5) is 30.9. The van der Waals surface area contributed by atoms with Gasteiger partial charge >= 0.3 is 0 Å². The highest BCUT2D eigenvalue weighted by atomic mass is 16.4. The van der Waals surface area contributed by atoms with Gasteiger partial charge in [-0.3, -0.25) is 4.79 Å². The predicted molar refractivity (Wildman–Crippen MR) is 42.7 cm³/mol. The van der Waals surface area contributed by atoms with Crippen molar-refractivity contribution in [2.45, 2.75) is 38.5 Å². The van der Waals surface area contributed by atoms with Crippen LogP contribution in [0.4, 0.5) is 0 Å². The highest BCUT2D eigenvalue weighted by molar-refractivity contribution is 5.79. The lowest BCUT2D eigenvalue weighted by atomic mass is 10.1. The summed E-state index contributed by atoms with van der Waals surface area (Å²) in [6.07, 6.45) is 0.583. The molecule has 0 aromatic heterocycles. The molecule has 80 valence electrons. The molecule has 0 heterocycles. The number of carbonyl (C=O) groups is 3. The molecule has 0 bridgehead atoms. The summed E-state index contributed by atoms with van der Waals surface area (Å²) in [5.41, 5.74) is 0. The van der Waals surface area contributed by atoms with Crippen LogP contribution in [0.3, 0.4) is 0 Å². The molecule has 0 unspecified atom stereocenters. The molecule has 0 rings (SSSR count). The number of hydrogen-bond donors (Lipinski definition) is 0. The monoisotopic (exact) mass is 200 g/mol. The molecule has 5 nitrogen and oxygen atoms in total. The number of carboxylic acid groups (broad SMARTS) is 2. The molecule has 0 aromatic rings. The molecule has 0 N–H and O–H groups in total. The third-order valence-electron chi connectivity index (χ3n) is 1.67. The third kappa shape index (κ3) is 8.70. The van der Waals surface area contributed by atoms with Crippen LogP contribution in [0.5, 0.6) is 0 Å². The van der Waals surface area contributed by atoms with E-state index in [1.54, 1.807) is 0 Å². The average Bonchev–Trinajstić information content (AvgIpc) is 2.02. The number of rotatable bonds is 8. The Balaban J connectivity index is 3.37. The molecule has 0 saturated heterocycles. The highest BCUT2D eigenvalue weighted by Gasteiger charge is 2.01. The third-order valence-corrected chi connectivity index (χ3v) is 1.67. The van der Waals surface area contributed by atoms with E-state index in [2.05, 4.69) is 0 Å². The van der Waals surface area contributed by atoms with Crippen LogP contribution in [-0.4, -0.2) is 17.7 Å². The minimum absolute atomic E-state index is 0.118. The van der Waals surface area contributed by atoms with Crippen molar-refractivity contribution < 1.29 is 24.6 Å². The van der Waals surface area contributed by atoms with Crippen LogP contribution >= 0.6 is 0 Å². The molecule has 5 heteroatoms. The minimum atomic E-state index is -1.17. The zero-order valence-electron chi connectivity index (χ0n) is 7.78. The Morgan fingerprint density at radius 1 is 0.714 bits per heavy atom. The van der Waals surface area contributed by atoms with E-state index in [9.17, 15) is 24.6 Å². The van der Waals surface area contributed by atoms with Crippen molar-refractivity contribution >= 4 is 17.7 Å². The highest BCUT2D eigenvalue weighted by Crippen LogP contribution is 2.02. The second-order valence-corrected chi connectivity index (χ2v) is 2.99. The maximum absolute atomic E-state index is 11.0. The zero-order valence-corrected chi connectivity index (χ0v) is 7.78. The molecule has 0 aromatic carbocycles. The lowest BCUT2D eigenvalue weighted by Gasteiger charge is -2.02. The first-order chi connectivity index (χ1) is 6.52. The van der Waals surface area contributed by atoms with Crippen LogP contribution in [0.1, 0.15) is 38.5 Å². The van der Waals surface area contributed by atoms with Crippen molar-refractivity contribution in [2.75, 3.05) is 0 Å². The van der Waals surface area contributed by atoms with E-state index in [1.807, 2.05) is 0 Å². The molecule has 0 radical (unpaired) electrons. The Labute approximate surface area is 81.7 Å².